The maximum Gasteiger partial charge on any atom is 0.463 e. The summed E-state index contributed by atoms with van der Waals surface area (Å²) in [6.07, 6.45) is -5.06. The summed E-state index contributed by atoms with van der Waals surface area (Å²) in [5.74, 6) is -7.59. The fourth-order valence-corrected chi connectivity index (χ4v) is 1.94. The van der Waals surface area contributed by atoms with Crippen LogP contribution in [0.15, 0.2) is 24.3 Å². The molecule has 0 bridgehead atoms. The van der Waals surface area contributed by atoms with Gasteiger partial charge in [-0.15, -0.1) is 0 Å². The number of hydrogen-bond acceptors (Lipinski definition) is 2. The molecule has 116 valence electrons. The van der Waals surface area contributed by atoms with Crippen LogP contribution in [0.2, 0.25) is 0 Å². The molecule has 2 N–H and O–H groups in total. The molecule has 1 amide bonds. The quantitative estimate of drug-likeness (QED) is 0.686. The molecule has 1 aromatic rings. The summed E-state index contributed by atoms with van der Waals surface area (Å²) in [6, 6.07) is 5.48. The fraction of sp³-hybridized carbons (Fsp3) is 0.462. The van der Waals surface area contributed by atoms with Gasteiger partial charge in [0.2, 0.25) is 0 Å². The Balaban J connectivity index is 2.22. The zero-order valence-electron chi connectivity index (χ0n) is 10.8. The number of halogens is 5. The standard InChI is InChI=1S/C13H13F5N2O/c14-12(15,13(16,17)18)11(21)20(10-4-5-10)7-8-2-1-3-9(19)6-8/h1-3,6,10H,4-5,7,19H2. The summed E-state index contributed by atoms with van der Waals surface area (Å²) in [6.45, 7) is -0.319. The number of carbonyl (C=O) groups is 1. The highest BCUT2D eigenvalue weighted by Gasteiger charge is 2.65. The van der Waals surface area contributed by atoms with Gasteiger partial charge in [0.25, 0.3) is 0 Å². The van der Waals surface area contributed by atoms with E-state index in [-0.39, 0.29) is 6.54 Å². The second kappa shape index (κ2) is 5.16. The molecule has 1 saturated carbocycles. The summed E-state index contributed by atoms with van der Waals surface area (Å²) in [7, 11) is 0. The number of nitrogens with zero attached hydrogens (tertiary/aromatic N) is 1. The lowest BCUT2D eigenvalue weighted by Crippen LogP contribution is -2.52. The third kappa shape index (κ3) is 3.25. The lowest BCUT2D eigenvalue weighted by Gasteiger charge is -2.28. The molecule has 0 radical (unpaired) electrons. The Morgan fingerprint density at radius 3 is 2.33 bits per heavy atom. The first-order valence-electron chi connectivity index (χ1n) is 6.23. The van der Waals surface area contributed by atoms with Crippen LogP contribution in [-0.2, 0) is 11.3 Å². The molecule has 8 heteroatoms. The summed E-state index contributed by atoms with van der Waals surface area (Å²) >= 11 is 0. The lowest BCUT2D eigenvalue weighted by atomic mass is 10.1. The van der Waals surface area contributed by atoms with E-state index in [9.17, 15) is 26.7 Å². The van der Waals surface area contributed by atoms with Crippen LogP contribution in [0.25, 0.3) is 0 Å². The van der Waals surface area contributed by atoms with Crippen LogP contribution in [0.3, 0.4) is 0 Å². The average molecular weight is 308 g/mol. The first-order valence-corrected chi connectivity index (χ1v) is 6.23. The molecule has 1 aliphatic rings. The third-order valence-corrected chi connectivity index (χ3v) is 3.18. The van der Waals surface area contributed by atoms with Crippen LogP contribution in [0.1, 0.15) is 18.4 Å². The van der Waals surface area contributed by atoms with Crippen LogP contribution in [0.4, 0.5) is 27.6 Å². The van der Waals surface area contributed by atoms with E-state index in [4.69, 9.17) is 5.73 Å². The third-order valence-electron chi connectivity index (χ3n) is 3.18. The minimum atomic E-state index is -5.90. The van der Waals surface area contributed by atoms with Gasteiger partial charge in [0, 0.05) is 18.3 Å². The number of anilines is 1. The molecule has 1 aromatic carbocycles. The number of carbonyl (C=O) groups excluding carboxylic acids is 1. The molecule has 0 spiro atoms. The number of alkyl halides is 5. The van der Waals surface area contributed by atoms with Crippen molar-refractivity contribution in [1.82, 2.24) is 4.90 Å². The van der Waals surface area contributed by atoms with E-state index in [1.807, 2.05) is 0 Å². The maximum atomic E-state index is 13.2. The van der Waals surface area contributed by atoms with Crippen LogP contribution < -0.4 is 5.73 Å². The largest absolute Gasteiger partial charge is 0.463 e. The van der Waals surface area contributed by atoms with E-state index in [2.05, 4.69) is 0 Å². The number of rotatable bonds is 4. The van der Waals surface area contributed by atoms with Gasteiger partial charge >= 0.3 is 18.0 Å². The molecule has 0 aromatic heterocycles. The van der Waals surface area contributed by atoms with E-state index in [0.717, 1.165) is 0 Å². The van der Waals surface area contributed by atoms with Gasteiger partial charge in [0.05, 0.1) is 0 Å². The molecular formula is C13H13F5N2O. The fourth-order valence-electron chi connectivity index (χ4n) is 1.94. The van der Waals surface area contributed by atoms with Gasteiger partial charge in [0.15, 0.2) is 0 Å². The van der Waals surface area contributed by atoms with Gasteiger partial charge in [-0.25, -0.2) is 0 Å². The van der Waals surface area contributed by atoms with E-state index in [0.29, 0.717) is 29.0 Å². The van der Waals surface area contributed by atoms with E-state index in [1.54, 1.807) is 12.1 Å². The van der Waals surface area contributed by atoms with E-state index in [1.165, 1.54) is 12.1 Å². The number of nitrogen functional groups attached to an aromatic ring is 1. The molecule has 2 rings (SSSR count). The Morgan fingerprint density at radius 2 is 1.86 bits per heavy atom. The Kier molecular flexibility index (Phi) is 3.81. The van der Waals surface area contributed by atoms with Gasteiger partial charge in [0.1, 0.15) is 0 Å². The molecule has 0 saturated heterocycles. The Morgan fingerprint density at radius 1 is 1.24 bits per heavy atom. The maximum absolute atomic E-state index is 13.2. The molecule has 1 aliphatic carbocycles. The van der Waals surface area contributed by atoms with Crippen molar-refractivity contribution in [2.24, 2.45) is 0 Å². The van der Waals surface area contributed by atoms with Gasteiger partial charge < -0.3 is 10.6 Å². The van der Waals surface area contributed by atoms with Crippen LogP contribution in [0, 0.1) is 0 Å². The normalized spacial score (nSPS) is 15.9. The van der Waals surface area contributed by atoms with Gasteiger partial charge in [-0.2, -0.15) is 22.0 Å². The lowest BCUT2D eigenvalue weighted by molar-refractivity contribution is -0.275. The average Bonchev–Trinajstić information content (AvgIpc) is 3.18. The van der Waals surface area contributed by atoms with Gasteiger partial charge in [-0.05, 0) is 30.5 Å². The van der Waals surface area contributed by atoms with Crippen LogP contribution in [-0.4, -0.2) is 28.9 Å². The number of hydrogen-bond donors (Lipinski definition) is 1. The zero-order valence-corrected chi connectivity index (χ0v) is 10.8. The molecule has 3 nitrogen and oxygen atoms in total. The molecule has 0 heterocycles. The van der Waals surface area contributed by atoms with Crippen molar-refractivity contribution in [1.29, 1.82) is 0 Å². The van der Waals surface area contributed by atoms with Gasteiger partial charge in [-0.1, -0.05) is 12.1 Å². The summed E-state index contributed by atoms with van der Waals surface area (Å²) in [5.41, 5.74) is 6.28. The molecule has 0 unspecified atom stereocenters. The summed E-state index contributed by atoms with van der Waals surface area (Å²) < 4.78 is 63.3. The molecule has 1 fully saturated rings. The second-order valence-electron chi connectivity index (χ2n) is 4.98. The minimum Gasteiger partial charge on any atom is -0.399 e. The Bertz CT molecular complexity index is 540. The number of amides is 1. The van der Waals surface area contributed by atoms with Gasteiger partial charge in [-0.3, -0.25) is 4.79 Å². The van der Waals surface area contributed by atoms with Crippen molar-refractivity contribution in [3.8, 4) is 0 Å². The van der Waals surface area contributed by atoms with Crippen molar-refractivity contribution >= 4 is 11.6 Å². The van der Waals surface area contributed by atoms with Crippen molar-refractivity contribution in [2.75, 3.05) is 5.73 Å². The SMILES string of the molecule is Nc1cccc(CN(C(=O)C(F)(F)C(F)(F)F)C2CC2)c1. The van der Waals surface area contributed by atoms with Crippen molar-refractivity contribution in [2.45, 2.75) is 37.5 Å². The highest BCUT2D eigenvalue weighted by molar-refractivity contribution is 5.85. The van der Waals surface area contributed by atoms with Crippen molar-refractivity contribution in [3.63, 3.8) is 0 Å². The highest BCUT2D eigenvalue weighted by Crippen LogP contribution is 2.40. The van der Waals surface area contributed by atoms with Crippen LogP contribution in [0.5, 0.6) is 0 Å². The number of benzene rings is 1. The van der Waals surface area contributed by atoms with Crippen molar-refractivity contribution < 1.29 is 26.7 Å². The topological polar surface area (TPSA) is 46.3 Å². The highest BCUT2D eigenvalue weighted by atomic mass is 19.4. The Hall–Kier alpha value is -1.86. The predicted molar refractivity (Wildman–Crippen MR) is 65.4 cm³/mol. The molecular weight excluding hydrogens is 295 g/mol. The first-order chi connectivity index (χ1) is 9.63. The summed E-state index contributed by atoms with van der Waals surface area (Å²) in [5, 5.41) is 0. The monoisotopic (exact) mass is 308 g/mol. The minimum absolute atomic E-state index is 0.319. The first kappa shape index (κ1) is 15.5. The smallest absolute Gasteiger partial charge is 0.399 e. The molecule has 21 heavy (non-hydrogen) atoms. The van der Waals surface area contributed by atoms with E-state index < -0.39 is 24.0 Å². The van der Waals surface area contributed by atoms with E-state index >= 15 is 0 Å². The van der Waals surface area contributed by atoms with Crippen molar-refractivity contribution in [3.05, 3.63) is 29.8 Å². The molecule has 0 aliphatic heterocycles. The second-order valence-corrected chi connectivity index (χ2v) is 4.98. The van der Waals surface area contributed by atoms with Crippen LogP contribution >= 0.6 is 0 Å². The summed E-state index contributed by atoms with van der Waals surface area (Å²) in [4.78, 5) is 12.2. The zero-order chi connectivity index (χ0) is 15.8. The predicted octanol–water partition coefficient (Wildman–Crippen LogP) is 2.96. The number of nitrogens with two attached hydrogens (primary N) is 1. The molecule has 0 atom stereocenters. The Labute approximate surface area is 117 Å².